The monoisotopic (exact) mass is 289 g/mol. The number of benzene rings is 1. The molecule has 0 saturated heterocycles. The van der Waals surface area contributed by atoms with Crippen molar-refractivity contribution < 1.29 is 9.21 Å². The standard InChI is InChI=1S/C16H23N3O2/c1-11-18-13-10-12(4-5-14(13)21-11)19-15(20)6-7-16(2,3)8-9-17/h4-5,10H,6-9,17H2,1-3H3,(H,19,20). The van der Waals surface area contributed by atoms with Gasteiger partial charge < -0.3 is 15.5 Å². The average molecular weight is 289 g/mol. The number of aromatic nitrogens is 1. The van der Waals surface area contributed by atoms with Gasteiger partial charge in [0.1, 0.15) is 5.52 Å². The van der Waals surface area contributed by atoms with Crippen LogP contribution in [0.4, 0.5) is 5.69 Å². The smallest absolute Gasteiger partial charge is 0.224 e. The number of carbonyl (C=O) groups is 1. The molecule has 1 heterocycles. The van der Waals surface area contributed by atoms with Gasteiger partial charge in [0, 0.05) is 19.0 Å². The Morgan fingerprint density at radius 3 is 2.86 bits per heavy atom. The third-order valence-corrected chi connectivity index (χ3v) is 3.63. The summed E-state index contributed by atoms with van der Waals surface area (Å²) < 4.78 is 5.41. The number of fused-ring (bicyclic) bond motifs is 1. The number of hydrogen-bond acceptors (Lipinski definition) is 4. The fraction of sp³-hybridized carbons (Fsp3) is 0.500. The molecule has 3 N–H and O–H groups in total. The number of aryl methyl sites for hydroxylation is 1. The van der Waals surface area contributed by atoms with Gasteiger partial charge in [-0.15, -0.1) is 0 Å². The highest BCUT2D eigenvalue weighted by Crippen LogP contribution is 2.26. The van der Waals surface area contributed by atoms with Crippen LogP contribution in [0.3, 0.4) is 0 Å². The van der Waals surface area contributed by atoms with E-state index in [-0.39, 0.29) is 11.3 Å². The Labute approximate surface area is 124 Å². The van der Waals surface area contributed by atoms with Gasteiger partial charge >= 0.3 is 0 Å². The number of hydrogen-bond donors (Lipinski definition) is 2. The van der Waals surface area contributed by atoms with E-state index in [1.165, 1.54) is 0 Å². The molecule has 1 amide bonds. The molecular weight excluding hydrogens is 266 g/mol. The highest BCUT2D eigenvalue weighted by molar-refractivity contribution is 5.92. The molecule has 2 rings (SSSR count). The van der Waals surface area contributed by atoms with Crippen molar-refractivity contribution in [3.63, 3.8) is 0 Å². The zero-order valence-corrected chi connectivity index (χ0v) is 12.9. The van der Waals surface area contributed by atoms with Crippen molar-refractivity contribution >= 4 is 22.7 Å². The Balaban J connectivity index is 1.94. The number of rotatable bonds is 6. The van der Waals surface area contributed by atoms with E-state index >= 15 is 0 Å². The minimum atomic E-state index is 0.0136. The maximum atomic E-state index is 12.0. The second-order valence-electron chi connectivity index (χ2n) is 6.17. The van der Waals surface area contributed by atoms with Crippen LogP contribution in [-0.4, -0.2) is 17.4 Å². The Hall–Kier alpha value is -1.88. The molecule has 0 fully saturated rings. The van der Waals surface area contributed by atoms with Crippen LogP contribution in [0.15, 0.2) is 22.6 Å². The van der Waals surface area contributed by atoms with E-state index in [9.17, 15) is 4.79 Å². The molecule has 0 radical (unpaired) electrons. The van der Waals surface area contributed by atoms with E-state index in [2.05, 4.69) is 24.1 Å². The molecule has 0 aliphatic carbocycles. The summed E-state index contributed by atoms with van der Waals surface area (Å²) in [4.78, 5) is 16.3. The summed E-state index contributed by atoms with van der Waals surface area (Å²) in [5, 5.41) is 2.91. The maximum absolute atomic E-state index is 12.0. The second-order valence-corrected chi connectivity index (χ2v) is 6.17. The molecule has 5 heteroatoms. The summed E-state index contributed by atoms with van der Waals surface area (Å²) in [5.74, 6) is 0.636. The molecule has 0 spiro atoms. The van der Waals surface area contributed by atoms with Gasteiger partial charge in [-0.25, -0.2) is 4.98 Å². The summed E-state index contributed by atoms with van der Waals surface area (Å²) >= 11 is 0. The number of nitrogens with two attached hydrogens (primary N) is 1. The molecule has 0 aliphatic rings. The largest absolute Gasteiger partial charge is 0.441 e. The van der Waals surface area contributed by atoms with Crippen LogP contribution in [0.25, 0.3) is 11.1 Å². The van der Waals surface area contributed by atoms with E-state index in [1.54, 1.807) is 6.92 Å². The number of nitrogens with zero attached hydrogens (tertiary/aromatic N) is 1. The van der Waals surface area contributed by atoms with Gasteiger partial charge in [0.2, 0.25) is 5.91 Å². The van der Waals surface area contributed by atoms with Gasteiger partial charge in [0.25, 0.3) is 0 Å². The fourth-order valence-corrected chi connectivity index (χ4v) is 2.31. The molecule has 114 valence electrons. The van der Waals surface area contributed by atoms with Crippen LogP contribution in [0.5, 0.6) is 0 Å². The van der Waals surface area contributed by atoms with Gasteiger partial charge in [0.05, 0.1) is 0 Å². The van der Waals surface area contributed by atoms with Crippen LogP contribution in [0.2, 0.25) is 0 Å². The topological polar surface area (TPSA) is 81.2 Å². The maximum Gasteiger partial charge on any atom is 0.224 e. The Bertz CT molecular complexity index is 631. The van der Waals surface area contributed by atoms with Crippen LogP contribution in [0.1, 0.15) is 39.0 Å². The van der Waals surface area contributed by atoms with E-state index in [1.807, 2.05) is 18.2 Å². The van der Waals surface area contributed by atoms with Crippen LogP contribution in [0, 0.1) is 12.3 Å². The van der Waals surface area contributed by atoms with Crippen molar-refractivity contribution in [2.24, 2.45) is 11.1 Å². The van der Waals surface area contributed by atoms with Gasteiger partial charge in [-0.05, 0) is 43.0 Å². The molecule has 2 aromatic rings. The first-order valence-electron chi connectivity index (χ1n) is 7.27. The van der Waals surface area contributed by atoms with Crippen molar-refractivity contribution in [2.45, 2.75) is 40.0 Å². The van der Waals surface area contributed by atoms with E-state index in [4.69, 9.17) is 10.2 Å². The molecule has 0 aliphatic heterocycles. The lowest BCUT2D eigenvalue weighted by molar-refractivity contribution is -0.116. The number of nitrogens with one attached hydrogen (secondary N) is 1. The lowest BCUT2D eigenvalue weighted by atomic mass is 9.84. The SMILES string of the molecule is Cc1nc2cc(NC(=O)CCC(C)(C)CCN)ccc2o1. The molecule has 0 bridgehead atoms. The zero-order chi connectivity index (χ0) is 15.5. The molecule has 0 saturated carbocycles. The minimum Gasteiger partial charge on any atom is -0.441 e. The van der Waals surface area contributed by atoms with Crippen molar-refractivity contribution in [3.05, 3.63) is 24.1 Å². The quantitative estimate of drug-likeness (QED) is 0.855. The summed E-state index contributed by atoms with van der Waals surface area (Å²) in [6.07, 6.45) is 2.23. The zero-order valence-electron chi connectivity index (χ0n) is 12.9. The van der Waals surface area contributed by atoms with E-state index < -0.39 is 0 Å². The third kappa shape index (κ3) is 4.29. The highest BCUT2D eigenvalue weighted by Gasteiger charge is 2.18. The highest BCUT2D eigenvalue weighted by atomic mass is 16.3. The molecule has 0 atom stereocenters. The van der Waals surface area contributed by atoms with Crippen LogP contribution >= 0.6 is 0 Å². The van der Waals surface area contributed by atoms with Gasteiger partial charge in [-0.1, -0.05) is 13.8 Å². The van der Waals surface area contributed by atoms with Crippen LogP contribution < -0.4 is 11.1 Å². The number of amides is 1. The molecule has 1 aromatic carbocycles. The summed E-state index contributed by atoms with van der Waals surface area (Å²) in [6, 6.07) is 5.48. The Morgan fingerprint density at radius 2 is 2.14 bits per heavy atom. The molecular formula is C16H23N3O2. The third-order valence-electron chi connectivity index (χ3n) is 3.63. The number of oxazole rings is 1. The van der Waals surface area contributed by atoms with Gasteiger partial charge in [0.15, 0.2) is 11.5 Å². The molecule has 5 nitrogen and oxygen atoms in total. The second kappa shape index (κ2) is 6.26. The minimum absolute atomic E-state index is 0.0136. The lowest BCUT2D eigenvalue weighted by Gasteiger charge is -2.23. The lowest BCUT2D eigenvalue weighted by Crippen LogP contribution is -2.20. The fourth-order valence-electron chi connectivity index (χ4n) is 2.31. The first-order valence-corrected chi connectivity index (χ1v) is 7.27. The Kier molecular flexibility index (Phi) is 4.63. The molecule has 21 heavy (non-hydrogen) atoms. The van der Waals surface area contributed by atoms with Crippen molar-refractivity contribution in [2.75, 3.05) is 11.9 Å². The van der Waals surface area contributed by atoms with Crippen molar-refractivity contribution in [3.8, 4) is 0 Å². The predicted octanol–water partition coefficient (Wildman–Crippen LogP) is 3.23. The normalized spacial score (nSPS) is 11.8. The van der Waals surface area contributed by atoms with Crippen molar-refractivity contribution in [1.82, 2.24) is 4.98 Å². The van der Waals surface area contributed by atoms with Crippen LogP contribution in [-0.2, 0) is 4.79 Å². The number of anilines is 1. The predicted molar refractivity (Wildman–Crippen MR) is 84.1 cm³/mol. The number of carbonyl (C=O) groups excluding carboxylic acids is 1. The van der Waals surface area contributed by atoms with Crippen molar-refractivity contribution in [1.29, 1.82) is 0 Å². The first-order chi connectivity index (χ1) is 9.89. The van der Waals surface area contributed by atoms with Gasteiger partial charge in [-0.2, -0.15) is 0 Å². The first kappa shape index (κ1) is 15.5. The summed E-state index contributed by atoms with van der Waals surface area (Å²) in [6.45, 7) is 6.73. The van der Waals surface area contributed by atoms with E-state index in [0.29, 0.717) is 18.9 Å². The Morgan fingerprint density at radius 1 is 1.38 bits per heavy atom. The summed E-state index contributed by atoms with van der Waals surface area (Å²) in [5.41, 5.74) is 7.92. The summed E-state index contributed by atoms with van der Waals surface area (Å²) in [7, 11) is 0. The van der Waals surface area contributed by atoms with Gasteiger partial charge in [-0.3, -0.25) is 4.79 Å². The van der Waals surface area contributed by atoms with E-state index in [0.717, 1.165) is 29.6 Å². The average Bonchev–Trinajstić information content (AvgIpc) is 2.76. The molecule has 1 aromatic heterocycles. The molecule has 0 unspecified atom stereocenters.